The van der Waals surface area contributed by atoms with E-state index in [1.165, 1.54) is 12.1 Å². The molecular formula is C27H25ClN2O4. The number of aromatic carboxylic acids is 1. The highest BCUT2D eigenvalue weighted by atomic mass is 35.5. The average Bonchev–Trinajstić information content (AvgIpc) is 3.69. The molecule has 0 aromatic heterocycles. The Morgan fingerprint density at radius 2 is 1.76 bits per heavy atom. The van der Waals surface area contributed by atoms with Crippen LogP contribution in [0.3, 0.4) is 0 Å². The van der Waals surface area contributed by atoms with E-state index in [2.05, 4.69) is 11.0 Å². The number of rotatable bonds is 10. The standard InChI is InChI=1S/C27H25ClN2O4/c28-23-9-1-18(2-10-23)15-30(24-11-12-24)16-25(31)17-34-26-13-21(7-8-22(26)14-29)19-3-5-20(6-4-19)27(32)33/h1-10,13,24-25,31H,11-12,15-17H2,(H,32,33)/t25-/m1/s1. The van der Waals surface area contributed by atoms with E-state index in [1.54, 1.807) is 30.3 Å². The third-order valence-corrected chi connectivity index (χ3v) is 6.06. The summed E-state index contributed by atoms with van der Waals surface area (Å²) in [4.78, 5) is 13.3. The van der Waals surface area contributed by atoms with E-state index in [1.807, 2.05) is 24.3 Å². The quantitative estimate of drug-likeness (QED) is 0.428. The van der Waals surface area contributed by atoms with Gasteiger partial charge in [0.25, 0.3) is 0 Å². The maximum absolute atomic E-state index is 11.1. The lowest BCUT2D eigenvalue weighted by Gasteiger charge is -2.25. The molecule has 0 bridgehead atoms. The first-order chi connectivity index (χ1) is 16.4. The first-order valence-electron chi connectivity index (χ1n) is 11.1. The molecule has 1 aliphatic carbocycles. The van der Waals surface area contributed by atoms with Gasteiger partial charge < -0.3 is 14.9 Å². The van der Waals surface area contributed by atoms with Crippen molar-refractivity contribution >= 4 is 17.6 Å². The van der Waals surface area contributed by atoms with Crippen LogP contribution in [0, 0.1) is 11.3 Å². The lowest BCUT2D eigenvalue weighted by Crippen LogP contribution is -2.36. The summed E-state index contributed by atoms with van der Waals surface area (Å²) < 4.78 is 5.87. The number of hydrogen-bond acceptors (Lipinski definition) is 5. The van der Waals surface area contributed by atoms with Gasteiger partial charge in [-0.2, -0.15) is 5.26 Å². The van der Waals surface area contributed by atoms with Crippen LogP contribution in [-0.2, 0) is 6.54 Å². The minimum absolute atomic E-state index is 0.0555. The van der Waals surface area contributed by atoms with Gasteiger partial charge in [0.15, 0.2) is 0 Å². The lowest BCUT2D eigenvalue weighted by atomic mass is 10.0. The molecule has 1 fully saturated rings. The van der Waals surface area contributed by atoms with E-state index in [4.69, 9.17) is 21.4 Å². The minimum atomic E-state index is -0.985. The molecule has 3 aromatic rings. The lowest BCUT2D eigenvalue weighted by molar-refractivity contribution is 0.0625. The summed E-state index contributed by atoms with van der Waals surface area (Å²) in [6.45, 7) is 1.25. The van der Waals surface area contributed by atoms with E-state index in [-0.39, 0.29) is 12.2 Å². The summed E-state index contributed by atoms with van der Waals surface area (Å²) in [5.41, 5.74) is 3.32. The van der Waals surface area contributed by atoms with Crippen molar-refractivity contribution in [3.05, 3.63) is 88.4 Å². The molecule has 0 saturated heterocycles. The van der Waals surface area contributed by atoms with Crippen molar-refractivity contribution in [2.75, 3.05) is 13.2 Å². The third-order valence-electron chi connectivity index (χ3n) is 5.81. The maximum Gasteiger partial charge on any atom is 0.335 e. The number of carbonyl (C=O) groups is 1. The van der Waals surface area contributed by atoms with Crippen molar-refractivity contribution in [2.24, 2.45) is 0 Å². The van der Waals surface area contributed by atoms with Crippen LogP contribution >= 0.6 is 11.6 Å². The zero-order valence-corrected chi connectivity index (χ0v) is 19.3. The fourth-order valence-electron chi connectivity index (χ4n) is 3.84. The van der Waals surface area contributed by atoms with Crippen molar-refractivity contribution in [1.29, 1.82) is 5.26 Å². The SMILES string of the molecule is N#Cc1ccc(-c2ccc(C(=O)O)cc2)cc1OC[C@H](O)CN(Cc1ccc(Cl)cc1)C1CC1. The molecule has 0 radical (unpaired) electrons. The Morgan fingerprint density at radius 3 is 2.38 bits per heavy atom. The molecule has 0 unspecified atom stereocenters. The molecule has 1 saturated carbocycles. The van der Waals surface area contributed by atoms with Gasteiger partial charge in [-0.15, -0.1) is 0 Å². The Bertz CT molecular complexity index is 1180. The Balaban J connectivity index is 1.41. The van der Waals surface area contributed by atoms with Crippen molar-refractivity contribution in [1.82, 2.24) is 4.90 Å². The Labute approximate surface area is 203 Å². The molecule has 174 valence electrons. The van der Waals surface area contributed by atoms with Crippen LogP contribution in [0.2, 0.25) is 5.02 Å². The number of nitriles is 1. The molecule has 34 heavy (non-hydrogen) atoms. The van der Waals surface area contributed by atoms with Gasteiger partial charge in [0.05, 0.1) is 11.1 Å². The van der Waals surface area contributed by atoms with E-state index < -0.39 is 12.1 Å². The number of hydrogen-bond donors (Lipinski definition) is 2. The number of halogens is 1. The highest BCUT2D eigenvalue weighted by Gasteiger charge is 2.30. The number of carboxylic acids is 1. The summed E-state index contributed by atoms with van der Waals surface area (Å²) in [7, 11) is 0. The van der Waals surface area contributed by atoms with Crippen molar-refractivity contribution < 1.29 is 19.7 Å². The smallest absolute Gasteiger partial charge is 0.335 e. The fourth-order valence-corrected chi connectivity index (χ4v) is 3.96. The summed E-state index contributed by atoms with van der Waals surface area (Å²) in [6.07, 6.45) is 1.50. The number of nitrogens with zero attached hydrogens (tertiary/aromatic N) is 2. The van der Waals surface area contributed by atoms with Crippen LogP contribution in [0.4, 0.5) is 0 Å². The van der Waals surface area contributed by atoms with Gasteiger partial charge in [0.1, 0.15) is 24.5 Å². The Hall–Kier alpha value is -3.37. The maximum atomic E-state index is 11.1. The van der Waals surface area contributed by atoms with Gasteiger partial charge in [0, 0.05) is 24.2 Å². The predicted octanol–water partition coefficient (Wildman–Crippen LogP) is 4.98. The van der Waals surface area contributed by atoms with Crippen LogP contribution in [0.1, 0.15) is 34.3 Å². The molecule has 1 atom stereocenters. The zero-order valence-electron chi connectivity index (χ0n) is 18.5. The molecule has 1 aliphatic rings. The van der Waals surface area contributed by atoms with E-state index >= 15 is 0 Å². The number of carboxylic acid groups (broad SMARTS) is 1. The number of ether oxygens (including phenoxy) is 1. The van der Waals surface area contributed by atoms with Crippen LogP contribution in [0.5, 0.6) is 5.75 Å². The average molecular weight is 477 g/mol. The molecule has 7 heteroatoms. The molecule has 3 aromatic carbocycles. The second kappa shape index (κ2) is 10.7. The molecule has 0 spiro atoms. The largest absolute Gasteiger partial charge is 0.489 e. The summed E-state index contributed by atoms with van der Waals surface area (Å²) in [5, 5.41) is 29.9. The molecular weight excluding hydrogens is 452 g/mol. The highest BCUT2D eigenvalue weighted by Crippen LogP contribution is 2.30. The predicted molar refractivity (Wildman–Crippen MR) is 130 cm³/mol. The van der Waals surface area contributed by atoms with Gasteiger partial charge in [-0.05, 0) is 65.9 Å². The molecule has 2 N–H and O–H groups in total. The third kappa shape index (κ3) is 6.15. The Kier molecular flexibility index (Phi) is 7.49. The molecule has 6 nitrogen and oxygen atoms in total. The number of aliphatic hydroxyl groups is 1. The van der Waals surface area contributed by atoms with Crippen LogP contribution in [0.15, 0.2) is 66.7 Å². The number of aliphatic hydroxyl groups excluding tert-OH is 1. The first kappa shape index (κ1) is 23.8. The molecule has 4 rings (SSSR count). The van der Waals surface area contributed by atoms with Crippen molar-refractivity contribution in [3.63, 3.8) is 0 Å². The van der Waals surface area contributed by atoms with Crippen LogP contribution in [0.25, 0.3) is 11.1 Å². The molecule has 0 amide bonds. The minimum Gasteiger partial charge on any atom is -0.489 e. The molecule has 0 heterocycles. The second-order valence-electron chi connectivity index (χ2n) is 8.46. The normalized spacial score (nSPS) is 13.9. The van der Waals surface area contributed by atoms with Gasteiger partial charge in [-0.25, -0.2) is 4.79 Å². The van der Waals surface area contributed by atoms with Crippen LogP contribution in [-0.4, -0.2) is 46.4 Å². The van der Waals surface area contributed by atoms with Gasteiger partial charge in [-0.1, -0.05) is 41.9 Å². The number of benzene rings is 3. The summed E-state index contributed by atoms with van der Waals surface area (Å²) >= 11 is 5.98. The molecule has 0 aliphatic heterocycles. The fraction of sp³-hybridized carbons (Fsp3) is 0.259. The van der Waals surface area contributed by atoms with Gasteiger partial charge in [-0.3, -0.25) is 4.90 Å². The van der Waals surface area contributed by atoms with E-state index in [9.17, 15) is 15.2 Å². The van der Waals surface area contributed by atoms with Gasteiger partial charge in [0.2, 0.25) is 0 Å². The van der Waals surface area contributed by atoms with Crippen molar-refractivity contribution in [2.45, 2.75) is 31.5 Å². The topological polar surface area (TPSA) is 93.8 Å². The summed E-state index contributed by atoms with van der Waals surface area (Å²) in [6, 6.07) is 22.0. The first-order valence-corrected chi connectivity index (χ1v) is 11.5. The van der Waals surface area contributed by atoms with E-state index in [0.29, 0.717) is 28.9 Å². The summed E-state index contributed by atoms with van der Waals surface area (Å²) in [5.74, 6) is -0.599. The van der Waals surface area contributed by atoms with E-state index in [0.717, 1.165) is 36.1 Å². The van der Waals surface area contributed by atoms with Crippen LogP contribution < -0.4 is 4.74 Å². The zero-order chi connectivity index (χ0) is 24.1. The highest BCUT2D eigenvalue weighted by molar-refractivity contribution is 6.30. The monoisotopic (exact) mass is 476 g/mol. The Morgan fingerprint density at radius 1 is 1.09 bits per heavy atom. The van der Waals surface area contributed by atoms with Crippen molar-refractivity contribution in [3.8, 4) is 22.9 Å². The van der Waals surface area contributed by atoms with Gasteiger partial charge >= 0.3 is 5.97 Å². The second-order valence-corrected chi connectivity index (χ2v) is 8.89.